The SMILES string of the molecule is CCC1(COC(C)(CC)CC)COC1. The zero-order valence-corrected chi connectivity index (χ0v) is 10.1. The Bertz CT molecular complexity index is 151. The minimum absolute atomic E-state index is 0.0672. The van der Waals surface area contributed by atoms with Gasteiger partial charge in [0.2, 0.25) is 0 Å². The van der Waals surface area contributed by atoms with Crippen molar-refractivity contribution < 1.29 is 9.47 Å². The van der Waals surface area contributed by atoms with E-state index in [4.69, 9.17) is 9.47 Å². The molecule has 0 aromatic heterocycles. The predicted octanol–water partition coefficient (Wildman–Crippen LogP) is 3.01. The maximum Gasteiger partial charge on any atom is 0.0649 e. The third-order valence-electron chi connectivity index (χ3n) is 3.79. The molecule has 0 amide bonds. The lowest BCUT2D eigenvalue weighted by Gasteiger charge is -2.43. The normalized spacial score (nSPS) is 20.6. The maximum atomic E-state index is 6.05. The molecule has 1 rings (SSSR count). The fraction of sp³-hybridized carbons (Fsp3) is 1.00. The predicted molar refractivity (Wildman–Crippen MR) is 58.5 cm³/mol. The van der Waals surface area contributed by atoms with Crippen molar-refractivity contribution in [3.63, 3.8) is 0 Å². The lowest BCUT2D eigenvalue weighted by atomic mass is 9.84. The van der Waals surface area contributed by atoms with Gasteiger partial charge in [0.25, 0.3) is 0 Å². The standard InChI is InChI=1S/C12H24O2/c1-5-11(4,6-2)14-10-12(7-3)8-13-9-12/h5-10H2,1-4H3. The van der Waals surface area contributed by atoms with Gasteiger partial charge in [0.15, 0.2) is 0 Å². The molecule has 1 aliphatic rings. The third kappa shape index (κ3) is 2.48. The number of hydrogen-bond donors (Lipinski definition) is 0. The van der Waals surface area contributed by atoms with Gasteiger partial charge < -0.3 is 9.47 Å². The van der Waals surface area contributed by atoms with Gasteiger partial charge >= 0.3 is 0 Å². The topological polar surface area (TPSA) is 18.5 Å². The molecule has 0 saturated carbocycles. The summed E-state index contributed by atoms with van der Waals surface area (Å²) in [6, 6.07) is 0. The summed E-state index contributed by atoms with van der Waals surface area (Å²) < 4.78 is 11.3. The Kier molecular flexibility index (Phi) is 3.96. The second kappa shape index (κ2) is 4.63. The highest BCUT2D eigenvalue weighted by Gasteiger charge is 2.38. The molecule has 0 aromatic rings. The highest BCUT2D eigenvalue weighted by molar-refractivity contribution is 4.85. The zero-order chi connectivity index (χ0) is 10.7. The van der Waals surface area contributed by atoms with Crippen molar-refractivity contribution >= 4 is 0 Å². The van der Waals surface area contributed by atoms with Gasteiger partial charge in [0, 0.05) is 5.41 Å². The molecular weight excluding hydrogens is 176 g/mol. The summed E-state index contributed by atoms with van der Waals surface area (Å²) in [7, 11) is 0. The molecule has 14 heavy (non-hydrogen) atoms. The zero-order valence-electron chi connectivity index (χ0n) is 10.1. The van der Waals surface area contributed by atoms with Crippen LogP contribution in [-0.4, -0.2) is 25.4 Å². The van der Waals surface area contributed by atoms with Crippen LogP contribution in [0.3, 0.4) is 0 Å². The quantitative estimate of drug-likeness (QED) is 0.656. The third-order valence-corrected chi connectivity index (χ3v) is 3.79. The molecule has 2 nitrogen and oxygen atoms in total. The highest BCUT2D eigenvalue weighted by Crippen LogP contribution is 2.33. The van der Waals surface area contributed by atoms with Gasteiger partial charge in [-0.3, -0.25) is 0 Å². The van der Waals surface area contributed by atoms with Crippen molar-refractivity contribution in [1.82, 2.24) is 0 Å². The van der Waals surface area contributed by atoms with E-state index in [0.29, 0.717) is 5.41 Å². The van der Waals surface area contributed by atoms with E-state index in [0.717, 1.165) is 39.1 Å². The van der Waals surface area contributed by atoms with Gasteiger partial charge in [-0.15, -0.1) is 0 Å². The van der Waals surface area contributed by atoms with Crippen molar-refractivity contribution in [2.24, 2.45) is 5.41 Å². The lowest BCUT2D eigenvalue weighted by Crippen LogP contribution is -2.47. The van der Waals surface area contributed by atoms with Crippen LogP contribution in [0.15, 0.2) is 0 Å². The Hall–Kier alpha value is -0.0800. The van der Waals surface area contributed by atoms with Crippen LogP contribution >= 0.6 is 0 Å². The van der Waals surface area contributed by atoms with Crippen LogP contribution in [0.4, 0.5) is 0 Å². The molecule has 0 aliphatic carbocycles. The number of hydrogen-bond acceptors (Lipinski definition) is 2. The van der Waals surface area contributed by atoms with Gasteiger partial charge in [0.05, 0.1) is 25.4 Å². The number of rotatable bonds is 6. The Balaban J connectivity index is 2.37. The van der Waals surface area contributed by atoms with Gasteiger partial charge in [-0.05, 0) is 26.2 Å². The van der Waals surface area contributed by atoms with Crippen molar-refractivity contribution in [2.75, 3.05) is 19.8 Å². The van der Waals surface area contributed by atoms with Gasteiger partial charge in [0.1, 0.15) is 0 Å². The summed E-state index contributed by atoms with van der Waals surface area (Å²) in [6.45, 7) is 11.4. The molecule has 1 fully saturated rings. The smallest absolute Gasteiger partial charge is 0.0649 e. The van der Waals surface area contributed by atoms with Crippen LogP contribution in [0.25, 0.3) is 0 Å². The summed E-state index contributed by atoms with van der Waals surface area (Å²) in [4.78, 5) is 0. The molecule has 0 unspecified atom stereocenters. The summed E-state index contributed by atoms with van der Waals surface area (Å²) in [5, 5.41) is 0. The summed E-state index contributed by atoms with van der Waals surface area (Å²) in [5.41, 5.74) is 0.392. The van der Waals surface area contributed by atoms with Crippen molar-refractivity contribution in [2.45, 2.75) is 52.6 Å². The maximum absolute atomic E-state index is 6.05. The van der Waals surface area contributed by atoms with E-state index in [1.165, 1.54) is 0 Å². The molecule has 84 valence electrons. The average Bonchev–Trinajstić information content (AvgIpc) is 2.16. The van der Waals surface area contributed by atoms with E-state index in [1.807, 2.05) is 0 Å². The molecule has 0 bridgehead atoms. The van der Waals surface area contributed by atoms with Crippen LogP contribution in [0, 0.1) is 5.41 Å². The first-order valence-electron chi connectivity index (χ1n) is 5.81. The minimum Gasteiger partial charge on any atom is -0.380 e. The van der Waals surface area contributed by atoms with Crippen LogP contribution in [-0.2, 0) is 9.47 Å². The first-order chi connectivity index (χ1) is 6.60. The highest BCUT2D eigenvalue weighted by atomic mass is 16.5. The van der Waals surface area contributed by atoms with E-state index in [9.17, 15) is 0 Å². The van der Waals surface area contributed by atoms with Gasteiger partial charge in [-0.2, -0.15) is 0 Å². The van der Waals surface area contributed by atoms with Crippen LogP contribution in [0.2, 0.25) is 0 Å². The fourth-order valence-corrected chi connectivity index (χ4v) is 1.56. The van der Waals surface area contributed by atoms with Crippen molar-refractivity contribution in [1.29, 1.82) is 0 Å². The average molecular weight is 200 g/mol. The molecule has 0 atom stereocenters. The molecule has 0 aromatic carbocycles. The van der Waals surface area contributed by atoms with Crippen LogP contribution in [0.1, 0.15) is 47.0 Å². The van der Waals surface area contributed by atoms with E-state index in [1.54, 1.807) is 0 Å². The first kappa shape index (κ1) is 12.0. The van der Waals surface area contributed by atoms with Crippen LogP contribution < -0.4 is 0 Å². The lowest BCUT2D eigenvalue weighted by molar-refractivity contribution is -0.178. The largest absolute Gasteiger partial charge is 0.380 e. The summed E-state index contributed by atoms with van der Waals surface area (Å²) in [5.74, 6) is 0. The first-order valence-corrected chi connectivity index (χ1v) is 5.81. The molecule has 0 N–H and O–H groups in total. The fourth-order valence-electron chi connectivity index (χ4n) is 1.56. The molecule has 1 aliphatic heterocycles. The Morgan fingerprint density at radius 3 is 2.07 bits per heavy atom. The Morgan fingerprint density at radius 1 is 1.21 bits per heavy atom. The van der Waals surface area contributed by atoms with E-state index in [-0.39, 0.29) is 5.60 Å². The number of ether oxygens (including phenoxy) is 2. The monoisotopic (exact) mass is 200 g/mol. The minimum atomic E-state index is 0.0672. The Morgan fingerprint density at radius 2 is 1.79 bits per heavy atom. The van der Waals surface area contributed by atoms with Crippen LogP contribution in [0.5, 0.6) is 0 Å². The molecule has 0 spiro atoms. The molecule has 0 radical (unpaired) electrons. The van der Waals surface area contributed by atoms with Gasteiger partial charge in [-0.1, -0.05) is 20.8 Å². The van der Waals surface area contributed by atoms with Crippen molar-refractivity contribution in [3.8, 4) is 0 Å². The Labute approximate surface area is 88.0 Å². The van der Waals surface area contributed by atoms with E-state index in [2.05, 4.69) is 27.7 Å². The summed E-state index contributed by atoms with van der Waals surface area (Å²) >= 11 is 0. The molecule has 2 heteroatoms. The van der Waals surface area contributed by atoms with Crippen molar-refractivity contribution in [3.05, 3.63) is 0 Å². The molecular formula is C12H24O2. The van der Waals surface area contributed by atoms with Gasteiger partial charge in [-0.25, -0.2) is 0 Å². The summed E-state index contributed by atoms with van der Waals surface area (Å²) in [6.07, 6.45) is 3.34. The second-order valence-corrected chi connectivity index (χ2v) is 4.79. The second-order valence-electron chi connectivity index (χ2n) is 4.79. The van der Waals surface area contributed by atoms with E-state index < -0.39 is 0 Å². The van der Waals surface area contributed by atoms with E-state index >= 15 is 0 Å². The molecule has 1 saturated heterocycles. The molecule has 1 heterocycles.